The summed E-state index contributed by atoms with van der Waals surface area (Å²) in [4.78, 5) is 0. The standard InChI is InChI=1S/C19H25N/c1-19(2,3)17-12-10-15(11-13-17)14-18(20-4)16-8-6-5-7-9-16/h5-13,18,20H,14H2,1-4H3. The van der Waals surface area contributed by atoms with Crippen LogP contribution in [-0.2, 0) is 11.8 Å². The topological polar surface area (TPSA) is 12.0 Å². The van der Waals surface area contributed by atoms with E-state index < -0.39 is 0 Å². The molecule has 0 amide bonds. The lowest BCUT2D eigenvalue weighted by molar-refractivity contribution is 0.583. The molecule has 0 bridgehead atoms. The summed E-state index contributed by atoms with van der Waals surface area (Å²) in [6.07, 6.45) is 1.02. The van der Waals surface area contributed by atoms with Gasteiger partial charge in [-0.2, -0.15) is 0 Å². The zero-order valence-electron chi connectivity index (χ0n) is 13.0. The van der Waals surface area contributed by atoms with E-state index in [9.17, 15) is 0 Å². The Bertz CT molecular complexity index is 520. The second-order valence-electron chi connectivity index (χ2n) is 6.40. The molecule has 1 N–H and O–H groups in total. The molecular formula is C19H25N. The van der Waals surface area contributed by atoms with Crippen LogP contribution in [0.15, 0.2) is 54.6 Å². The summed E-state index contributed by atoms with van der Waals surface area (Å²) < 4.78 is 0. The molecule has 0 fully saturated rings. The number of rotatable bonds is 4. The number of benzene rings is 2. The predicted molar refractivity (Wildman–Crippen MR) is 87.1 cm³/mol. The van der Waals surface area contributed by atoms with E-state index in [1.807, 2.05) is 7.05 Å². The second-order valence-corrected chi connectivity index (χ2v) is 6.40. The molecule has 0 aromatic heterocycles. The van der Waals surface area contributed by atoms with Crippen LogP contribution < -0.4 is 5.32 Å². The Morgan fingerprint density at radius 2 is 1.50 bits per heavy atom. The molecule has 1 heteroatoms. The van der Waals surface area contributed by atoms with E-state index in [-0.39, 0.29) is 5.41 Å². The molecule has 0 aliphatic rings. The normalized spacial score (nSPS) is 13.2. The lowest BCUT2D eigenvalue weighted by atomic mass is 9.86. The molecule has 106 valence electrons. The van der Waals surface area contributed by atoms with Crippen LogP contribution in [0.1, 0.15) is 43.5 Å². The first-order chi connectivity index (χ1) is 9.50. The minimum Gasteiger partial charge on any atom is -0.313 e. The Morgan fingerprint density at radius 1 is 0.900 bits per heavy atom. The summed E-state index contributed by atoms with van der Waals surface area (Å²) in [5.41, 5.74) is 4.33. The van der Waals surface area contributed by atoms with Crippen LogP contribution in [0.2, 0.25) is 0 Å². The molecule has 20 heavy (non-hydrogen) atoms. The Labute approximate surface area is 123 Å². The molecule has 2 aromatic rings. The van der Waals surface area contributed by atoms with Crippen molar-refractivity contribution in [3.63, 3.8) is 0 Å². The highest BCUT2D eigenvalue weighted by Crippen LogP contribution is 2.24. The molecule has 1 unspecified atom stereocenters. The van der Waals surface area contributed by atoms with Crippen LogP contribution >= 0.6 is 0 Å². The molecule has 0 aliphatic carbocycles. The van der Waals surface area contributed by atoms with Gasteiger partial charge in [-0.25, -0.2) is 0 Å². The fourth-order valence-corrected chi connectivity index (χ4v) is 2.45. The van der Waals surface area contributed by atoms with E-state index >= 15 is 0 Å². The summed E-state index contributed by atoms with van der Waals surface area (Å²) in [5, 5.41) is 3.41. The molecule has 0 radical (unpaired) electrons. The zero-order valence-corrected chi connectivity index (χ0v) is 13.0. The molecule has 2 aromatic carbocycles. The fourth-order valence-electron chi connectivity index (χ4n) is 2.45. The van der Waals surface area contributed by atoms with Crippen LogP contribution in [0.3, 0.4) is 0 Å². The van der Waals surface area contributed by atoms with Gasteiger partial charge < -0.3 is 5.32 Å². The molecule has 0 saturated heterocycles. The molecule has 0 saturated carbocycles. The SMILES string of the molecule is CNC(Cc1ccc(C(C)(C)C)cc1)c1ccccc1. The largest absolute Gasteiger partial charge is 0.313 e. The Hall–Kier alpha value is -1.60. The fraction of sp³-hybridized carbons (Fsp3) is 0.368. The number of hydrogen-bond donors (Lipinski definition) is 1. The predicted octanol–water partition coefficient (Wildman–Crippen LogP) is 4.49. The Kier molecular flexibility index (Phi) is 4.61. The van der Waals surface area contributed by atoms with Crippen LogP contribution in [0.4, 0.5) is 0 Å². The quantitative estimate of drug-likeness (QED) is 0.860. The van der Waals surface area contributed by atoms with E-state index in [2.05, 4.69) is 80.7 Å². The van der Waals surface area contributed by atoms with Crippen LogP contribution in [-0.4, -0.2) is 7.05 Å². The van der Waals surface area contributed by atoms with Crippen molar-refractivity contribution in [3.05, 3.63) is 71.3 Å². The summed E-state index contributed by atoms with van der Waals surface area (Å²) in [6, 6.07) is 20.0. The van der Waals surface area contributed by atoms with Crippen LogP contribution in [0.5, 0.6) is 0 Å². The first-order valence-corrected chi connectivity index (χ1v) is 7.32. The van der Waals surface area contributed by atoms with Crippen molar-refractivity contribution < 1.29 is 0 Å². The maximum Gasteiger partial charge on any atom is 0.0358 e. The van der Waals surface area contributed by atoms with Crippen molar-refractivity contribution in [2.24, 2.45) is 0 Å². The molecule has 1 nitrogen and oxygen atoms in total. The zero-order chi connectivity index (χ0) is 14.6. The van der Waals surface area contributed by atoms with Crippen molar-refractivity contribution in [1.29, 1.82) is 0 Å². The van der Waals surface area contributed by atoms with Crippen LogP contribution in [0.25, 0.3) is 0 Å². The van der Waals surface area contributed by atoms with Gasteiger partial charge in [-0.05, 0) is 35.6 Å². The number of likely N-dealkylation sites (N-methyl/N-ethyl adjacent to an activating group) is 1. The maximum absolute atomic E-state index is 3.41. The van der Waals surface area contributed by atoms with Crippen molar-refractivity contribution in [2.75, 3.05) is 7.05 Å². The summed E-state index contributed by atoms with van der Waals surface area (Å²) in [6.45, 7) is 6.76. The van der Waals surface area contributed by atoms with Crippen molar-refractivity contribution in [3.8, 4) is 0 Å². The highest BCUT2D eigenvalue weighted by molar-refractivity contribution is 5.29. The number of nitrogens with one attached hydrogen (secondary N) is 1. The van der Waals surface area contributed by atoms with Gasteiger partial charge in [-0.15, -0.1) is 0 Å². The van der Waals surface area contributed by atoms with Gasteiger partial charge in [0.25, 0.3) is 0 Å². The second kappa shape index (κ2) is 6.23. The van der Waals surface area contributed by atoms with Gasteiger partial charge in [0.2, 0.25) is 0 Å². The minimum atomic E-state index is 0.223. The van der Waals surface area contributed by atoms with Gasteiger partial charge in [0.05, 0.1) is 0 Å². The van der Waals surface area contributed by atoms with Gasteiger partial charge in [-0.1, -0.05) is 75.4 Å². The minimum absolute atomic E-state index is 0.223. The molecular weight excluding hydrogens is 242 g/mol. The van der Waals surface area contributed by atoms with Gasteiger partial charge in [0.15, 0.2) is 0 Å². The average Bonchev–Trinajstić information content (AvgIpc) is 2.45. The third-order valence-corrected chi connectivity index (χ3v) is 3.81. The summed E-state index contributed by atoms with van der Waals surface area (Å²) >= 11 is 0. The first-order valence-electron chi connectivity index (χ1n) is 7.32. The van der Waals surface area contributed by atoms with Gasteiger partial charge >= 0.3 is 0 Å². The van der Waals surface area contributed by atoms with E-state index in [1.54, 1.807) is 0 Å². The molecule has 1 atom stereocenters. The van der Waals surface area contributed by atoms with E-state index in [0.717, 1.165) is 6.42 Å². The lowest BCUT2D eigenvalue weighted by Gasteiger charge is -2.20. The van der Waals surface area contributed by atoms with Crippen molar-refractivity contribution in [1.82, 2.24) is 5.32 Å². The molecule has 2 rings (SSSR count). The lowest BCUT2D eigenvalue weighted by Crippen LogP contribution is -2.19. The third kappa shape index (κ3) is 3.71. The number of hydrogen-bond acceptors (Lipinski definition) is 1. The Morgan fingerprint density at radius 3 is 2.00 bits per heavy atom. The van der Waals surface area contributed by atoms with Crippen molar-refractivity contribution >= 4 is 0 Å². The maximum atomic E-state index is 3.41. The molecule has 0 spiro atoms. The van der Waals surface area contributed by atoms with E-state index in [1.165, 1.54) is 16.7 Å². The summed E-state index contributed by atoms with van der Waals surface area (Å²) in [5.74, 6) is 0. The smallest absolute Gasteiger partial charge is 0.0358 e. The first kappa shape index (κ1) is 14.8. The van der Waals surface area contributed by atoms with Gasteiger partial charge in [0, 0.05) is 6.04 Å². The van der Waals surface area contributed by atoms with E-state index in [0.29, 0.717) is 6.04 Å². The third-order valence-electron chi connectivity index (χ3n) is 3.81. The monoisotopic (exact) mass is 267 g/mol. The highest BCUT2D eigenvalue weighted by atomic mass is 14.9. The van der Waals surface area contributed by atoms with Crippen LogP contribution in [0, 0.1) is 0 Å². The summed E-state index contributed by atoms with van der Waals surface area (Å²) in [7, 11) is 2.03. The molecule has 0 aliphatic heterocycles. The van der Waals surface area contributed by atoms with Crippen molar-refractivity contribution in [2.45, 2.75) is 38.6 Å². The van der Waals surface area contributed by atoms with Gasteiger partial charge in [0.1, 0.15) is 0 Å². The molecule has 0 heterocycles. The van der Waals surface area contributed by atoms with Gasteiger partial charge in [-0.3, -0.25) is 0 Å². The highest BCUT2D eigenvalue weighted by Gasteiger charge is 2.14. The van der Waals surface area contributed by atoms with E-state index in [4.69, 9.17) is 0 Å². The Balaban J connectivity index is 2.13. The average molecular weight is 267 g/mol.